The first-order valence-electron chi connectivity index (χ1n) is 5.15. The third-order valence-electron chi connectivity index (χ3n) is 2.89. The Bertz CT molecular complexity index is 215. The summed E-state index contributed by atoms with van der Waals surface area (Å²) in [5.41, 5.74) is 2.29. The molecule has 0 unspecified atom stereocenters. The van der Waals surface area contributed by atoms with E-state index in [1.165, 1.54) is 24.8 Å². The van der Waals surface area contributed by atoms with E-state index in [1.807, 2.05) is 6.92 Å². The Labute approximate surface area is 81.2 Å². The first-order chi connectivity index (χ1) is 6.13. The van der Waals surface area contributed by atoms with Gasteiger partial charge >= 0.3 is 0 Å². The van der Waals surface area contributed by atoms with Crippen LogP contribution in [-0.2, 0) is 0 Å². The van der Waals surface area contributed by atoms with Gasteiger partial charge in [-0.15, -0.1) is 0 Å². The van der Waals surface area contributed by atoms with Gasteiger partial charge in [-0.1, -0.05) is 30.7 Å². The van der Waals surface area contributed by atoms with E-state index in [-0.39, 0.29) is 12.0 Å². The lowest BCUT2D eigenvalue weighted by Crippen LogP contribution is -2.21. The van der Waals surface area contributed by atoms with Crippen LogP contribution in [0.25, 0.3) is 0 Å². The summed E-state index contributed by atoms with van der Waals surface area (Å²) >= 11 is 0. The lowest BCUT2D eigenvalue weighted by atomic mass is 9.85. The van der Waals surface area contributed by atoms with Crippen molar-refractivity contribution >= 4 is 0 Å². The molecular weight excluding hydrogens is 160 g/mol. The summed E-state index contributed by atoms with van der Waals surface area (Å²) in [5.74, 6) is 0.262. The number of rotatable bonds is 3. The molecule has 1 aliphatic rings. The number of hydrogen-bond donors (Lipinski definition) is 1. The Morgan fingerprint density at radius 1 is 1.54 bits per heavy atom. The van der Waals surface area contributed by atoms with Crippen molar-refractivity contribution in [2.45, 2.75) is 45.6 Å². The van der Waals surface area contributed by atoms with Gasteiger partial charge in [0.1, 0.15) is 0 Å². The minimum atomic E-state index is -0.357. The molecule has 1 rings (SSSR count). The van der Waals surface area contributed by atoms with Crippen molar-refractivity contribution in [3.8, 4) is 0 Å². The summed E-state index contributed by atoms with van der Waals surface area (Å²) in [7, 11) is 0. The summed E-state index contributed by atoms with van der Waals surface area (Å²) in [6.07, 6.45) is 6.86. The Morgan fingerprint density at radius 2 is 2.23 bits per heavy atom. The lowest BCUT2D eigenvalue weighted by molar-refractivity contribution is 0.165. The second-order valence-corrected chi connectivity index (χ2v) is 4.10. The summed E-state index contributed by atoms with van der Waals surface area (Å²) in [4.78, 5) is 0. The predicted octanol–water partition coefficient (Wildman–Crippen LogP) is 3.06. The molecule has 1 heteroatoms. The van der Waals surface area contributed by atoms with Gasteiger partial charge in [0, 0.05) is 5.92 Å². The monoisotopic (exact) mass is 180 g/mol. The van der Waals surface area contributed by atoms with Gasteiger partial charge in [0.05, 0.1) is 6.10 Å². The average Bonchev–Trinajstić information content (AvgIpc) is 2.17. The van der Waals surface area contributed by atoms with Crippen molar-refractivity contribution in [1.29, 1.82) is 0 Å². The highest BCUT2D eigenvalue weighted by molar-refractivity contribution is 5.15. The topological polar surface area (TPSA) is 20.2 Å². The van der Waals surface area contributed by atoms with E-state index < -0.39 is 0 Å². The third-order valence-corrected chi connectivity index (χ3v) is 2.89. The van der Waals surface area contributed by atoms with Crippen LogP contribution in [-0.4, -0.2) is 11.2 Å². The van der Waals surface area contributed by atoms with E-state index in [0.717, 1.165) is 12.0 Å². The molecule has 2 atom stereocenters. The molecular formula is C12H20O. The smallest absolute Gasteiger partial charge is 0.0807 e. The summed E-state index contributed by atoms with van der Waals surface area (Å²) in [5, 5.41) is 9.81. The normalized spacial score (nSPS) is 21.9. The molecule has 13 heavy (non-hydrogen) atoms. The van der Waals surface area contributed by atoms with E-state index in [2.05, 4.69) is 19.6 Å². The first-order valence-corrected chi connectivity index (χ1v) is 5.15. The Kier molecular flexibility index (Phi) is 3.73. The second-order valence-electron chi connectivity index (χ2n) is 4.10. The molecule has 0 aliphatic heterocycles. The third kappa shape index (κ3) is 2.70. The first kappa shape index (κ1) is 10.5. The highest BCUT2D eigenvalue weighted by Crippen LogP contribution is 2.27. The van der Waals surface area contributed by atoms with Crippen molar-refractivity contribution in [3.05, 3.63) is 23.8 Å². The van der Waals surface area contributed by atoms with Gasteiger partial charge in [-0.05, 0) is 32.6 Å². The van der Waals surface area contributed by atoms with Crippen LogP contribution in [0.4, 0.5) is 0 Å². The van der Waals surface area contributed by atoms with Crippen LogP contribution in [0, 0.1) is 5.92 Å². The highest BCUT2D eigenvalue weighted by Gasteiger charge is 2.19. The van der Waals surface area contributed by atoms with Crippen molar-refractivity contribution in [2.24, 2.45) is 5.92 Å². The van der Waals surface area contributed by atoms with Gasteiger partial charge in [-0.25, -0.2) is 0 Å². The van der Waals surface area contributed by atoms with E-state index in [1.54, 1.807) is 0 Å². The van der Waals surface area contributed by atoms with Crippen LogP contribution in [0.3, 0.4) is 0 Å². The van der Waals surface area contributed by atoms with Crippen LogP contribution in [0.2, 0.25) is 0 Å². The molecule has 0 bridgehead atoms. The average molecular weight is 180 g/mol. The van der Waals surface area contributed by atoms with Gasteiger partial charge in [-0.3, -0.25) is 0 Å². The largest absolute Gasteiger partial charge is 0.388 e. The summed E-state index contributed by atoms with van der Waals surface area (Å²) < 4.78 is 0. The van der Waals surface area contributed by atoms with Crippen molar-refractivity contribution < 1.29 is 5.11 Å². The highest BCUT2D eigenvalue weighted by atomic mass is 16.3. The SMILES string of the molecule is C=C(C)[C@H](O)[C@@H](C)C1=CCCCC1. The molecule has 0 spiro atoms. The molecule has 0 saturated carbocycles. The Hall–Kier alpha value is -0.560. The maximum atomic E-state index is 9.81. The van der Waals surface area contributed by atoms with Gasteiger partial charge < -0.3 is 5.11 Å². The fraction of sp³-hybridized carbons (Fsp3) is 0.667. The van der Waals surface area contributed by atoms with Gasteiger partial charge in [0.25, 0.3) is 0 Å². The van der Waals surface area contributed by atoms with E-state index >= 15 is 0 Å². The fourth-order valence-corrected chi connectivity index (χ4v) is 1.91. The maximum Gasteiger partial charge on any atom is 0.0807 e. The molecule has 0 aromatic heterocycles. The van der Waals surface area contributed by atoms with Gasteiger partial charge in [0.2, 0.25) is 0 Å². The fourth-order valence-electron chi connectivity index (χ4n) is 1.91. The van der Waals surface area contributed by atoms with Crippen LogP contribution < -0.4 is 0 Å². The van der Waals surface area contributed by atoms with Crippen LogP contribution in [0.1, 0.15) is 39.5 Å². The zero-order chi connectivity index (χ0) is 9.84. The van der Waals surface area contributed by atoms with E-state index in [0.29, 0.717) is 0 Å². The van der Waals surface area contributed by atoms with Gasteiger partial charge in [-0.2, -0.15) is 0 Å². The second kappa shape index (κ2) is 4.61. The predicted molar refractivity (Wildman–Crippen MR) is 56.5 cm³/mol. The van der Waals surface area contributed by atoms with E-state index in [4.69, 9.17) is 0 Å². The number of aliphatic hydroxyl groups is 1. The zero-order valence-electron chi connectivity index (χ0n) is 8.71. The number of allylic oxidation sites excluding steroid dienone is 1. The maximum absolute atomic E-state index is 9.81. The molecule has 1 nitrogen and oxygen atoms in total. The Balaban J connectivity index is 2.60. The molecule has 0 fully saturated rings. The minimum absolute atomic E-state index is 0.262. The molecule has 0 aromatic rings. The molecule has 1 N–H and O–H groups in total. The summed E-state index contributed by atoms with van der Waals surface area (Å²) in [6.45, 7) is 7.78. The van der Waals surface area contributed by atoms with Gasteiger partial charge in [0.15, 0.2) is 0 Å². The molecule has 0 heterocycles. The molecule has 0 aromatic carbocycles. The molecule has 74 valence electrons. The molecule has 0 radical (unpaired) electrons. The standard InChI is InChI=1S/C12H20O/c1-9(2)12(13)10(3)11-7-5-4-6-8-11/h7,10,12-13H,1,4-6,8H2,2-3H3/t10-,12-/m0/s1. The molecule has 1 aliphatic carbocycles. The van der Waals surface area contributed by atoms with Crippen molar-refractivity contribution in [1.82, 2.24) is 0 Å². The number of hydrogen-bond acceptors (Lipinski definition) is 1. The summed E-state index contributed by atoms with van der Waals surface area (Å²) in [6, 6.07) is 0. The Morgan fingerprint density at radius 3 is 2.69 bits per heavy atom. The van der Waals surface area contributed by atoms with Crippen LogP contribution >= 0.6 is 0 Å². The quantitative estimate of drug-likeness (QED) is 0.662. The number of aliphatic hydroxyl groups excluding tert-OH is 1. The van der Waals surface area contributed by atoms with Crippen molar-refractivity contribution in [2.75, 3.05) is 0 Å². The molecule has 0 amide bonds. The minimum Gasteiger partial charge on any atom is -0.388 e. The van der Waals surface area contributed by atoms with Crippen LogP contribution in [0.15, 0.2) is 23.8 Å². The molecule has 0 saturated heterocycles. The zero-order valence-corrected chi connectivity index (χ0v) is 8.71. The van der Waals surface area contributed by atoms with Crippen LogP contribution in [0.5, 0.6) is 0 Å². The van der Waals surface area contributed by atoms with Crippen molar-refractivity contribution in [3.63, 3.8) is 0 Å². The van der Waals surface area contributed by atoms with E-state index in [9.17, 15) is 5.11 Å². The lowest BCUT2D eigenvalue weighted by Gasteiger charge is -2.24.